The number of rotatable bonds is 1. The number of para-hydroxylation sites is 1. The third kappa shape index (κ3) is 1.50. The number of nitrogens with one attached hydrogen (secondary N) is 1. The van der Waals surface area contributed by atoms with E-state index in [-0.39, 0.29) is 5.37 Å². The molecule has 5 nitrogen and oxygen atoms in total. The Kier molecular flexibility index (Phi) is 2.29. The Morgan fingerprint density at radius 1 is 1.24 bits per heavy atom. The van der Waals surface area contributed by atoms with E-state index in [1.807, 2.05) is 18.7 Å². The van der Waals surface area contributed by atoms with Crippen LogP contribution >= 0.6 is 23.5 Å². The summed E-state index contributed by atoms with van der Waals surface area (Å²) >= 11 is 3.51. The molecule has 0 saturated carbocycles. The molecule has 2 aliphatic rings. The van der Waals surface area contributed by atoms with Gasteiger partial charge in [-0.15, -0.1) is 10.2 Å². The van der Waals surface area contributed by atoms with Crippen molar-refractivity contribution in [3.05, 3.63) is 52.3 Å². The first-order valence-electron chi connectivity index (χ1n) is 6.64. The van der Waals surface area contributed by atoms with Gasteiger partial charge in [-0.25, -0.2) is 4.68 Å². The van der Waals surface area contributed by atoms with Gasteiger partial charge in [-0.2, -0.15) is 0 Å². The molecule has 0 radical (unpaired) electrons. The molecule has 0 saturated heterocycles. The van der Waals surface area contributed by atoms with Crippen molar-refractivity contribution in [2.45, 2.75) is 17.5 Å². The first kappa shape index (κ1) is 11.8. The maximum absolute atomic E-state index is 4.23. The van der Waals surface area contributed by atoms with E-state index in [2.05, 4.69) is 60.7 Å². The number of H-pyrrole nitrogens is 1. The van der Waals surface area contributed by atoms with Crippen LogP contribution in [-0.4, -0.2) is 19.9 Å². The van der Waals surface area contributed by atoms with Crippen molar-refractivity contribution in [1.82, 2.24) is 19.9 Å². The van der Waals surface area contributed by atoms with E-state index < -0.39 is 0 Å². The number of thioether (sulfide) groups is 2. The summed E-state index contributed by atoms with van der Waals surface area (Å²) in [7, 11) is 0. The minimum Gasteiger partial charge on any atom is -0.361 e. The summed E-state index contributed by atoms with van der Waals surface area (Å²) in [6.45, 7) is 2.00. The van der Waals surface area contributed by atoms with Gasteiger partial charge in [0.25, 0.3) is 0 Å². The Labute approximate surface area is 129 Å². The average Bonchev–Trinajstić information content (AvgIpc) is 3.20. The normalized spacial score (nSPS) is 20.0. The molecule has 2 aromatic heterocycles. The average molecular weight is 313 g/mol. The molecule has 1 atom stereocenters. The minimum absolute atomic E-state index is 0.222. The van der Waals surface area contributed by atoms with Crippen LogP contribution in [0.4, 0.5) is 0 Å². The fourth-order valence-electron chi connectivity index (χ4n) is 2.87. The molecule has 0 bridgehead atoms. The Morgan fingerprint density at radius 2 is 2.14 bits per heavy atom. The van der Waals surface area contributed by atoms with Gasteiger partial charge in [0.05, 0.1) is 0 Å². The van der Waals surface area contributed by atoms with E-state index in [0.29, 0.717) is 0 Å². The van der Waals surface area contributed by atoms with Gasteiger partial charge in [0.2, 0.25) is 5.16 Å². The lowest BCUT2D eigenvalue weighted by Gasteiger charge is -2.24. The zero-order valence-corrected chi connectivity index (χ0v) is 12.8. The van der Waals surface area contributed by atoms with E-state index in [4.69, 9.17) is 0 Å². The Bertz CT molecular complexity index is 894. The number of aromatic amines is 1. The maximum atomic E-state index is 4.23. The van der Waals surface area contributed by atoms with Gasteiger partial charge in [0.1, 0.15) is 10.4 Å². The Balaban J connectivity index is 1.67. The number of aromatic nitrogens is 4. The third-order valence-corrected chi connectivity index (χ3v) is 5.98. The highest BCUT2D eigenvalue weighted by molar-refractivity contribution is 8.07. The van der Waals surface area contributed by atoms with Crippen molar-refractivity contribution in [2.75, 3.05) is 5.01 Å². The Morgan fingerprint density at radius 3 is 3.10 bits per heavy atom. The number of aryl methyl sites for hydroxylation is 1. The molecule has 0 aliphatic carbocycles. The molecule has 104 valence electrons. The third-order valence-electron chi connectivity index (χ3n) is 3.81. The number of hydrogen-bond acceptors (Lipinski definition) is 5. The summed E-state index contributed by atoms with van der Waals surface area (Å²) in [5, 5.41) is 16.6. The fraction of sp³-hybridized carbons (Fsp3) is 0.143. The summed E-state index contributed by atoms with van der Waals surface area (Å²) in [5.41, 5.74) is 2.47. The molecule has 2 aliphatic heterocycles. The van der Waals surface area contributed by atoms with E-state index in [0.717, 1.165) is 11.0 Å². The molecule has 0 fully saturated rings. The highest BCUT2D eigenvalue weighted by Crippen LogP contribution is 2.52. The Hall–Kier alpha value is -1.86. The molecular weight excluding hydrogens is 302 g/mol. The first-order chi connectivity index (χ1) is 10.3. The summed E-state index contributed by atoms with van der Waals surface area (Å²) in [6.07, 6.45) is 2.11. The topological polar surface area (TPSA) is 49.7 Å². The van der Waals surface area contributed by atoms with Crippen LogP contribution in [-0.2, 0) is 0 Å². The number of fused-ring (bicyclic) bond motifs is 4. The smallest absolute Gasteiger partial charge is 0.216 e. The van der Waals surface area contributed by atoms with Gasteiger partial charge < -0.3 is 4.98 Å². The molecule has 5 rings (SSSR count). The van der Waals surface area contributed by atoms with Gasteiger partial charge >= 0.3 is 0 Å². The summed E-state index contributed by atoms with van der Waals surface area (Å²) < 4.78 is 2.11. The lowest BCUT2D eigenvalue weighted by molar-refractivity contribution is 0.619. The van der Waals surface area contributed by atoms with E-state index in [9.17, 15) is 0 Å². The monoisotopic (exact) mass is 313 g/mol. The molecule has 21 heavy (non-hydrogen) atoms. The molecule has 1 N–H and O–H groups in total. The summed E-state index contributed by atoms with van der Waals surface area (Å²) in [6, 6.07) is 8.42. The summed E-state index contributed by atoms with van der Waals surface area (Å²) in [4.78, 5) is 3.37. The molecular formula is C14H11N5S2. The van der Waals surface area contributed by atoms with Crippen LogP contribution in [0.3, 0.4) is 0 Å². The van der Waals surface area contributed by atoms with E-state index in [1.54, 1.807) is 11.8 Å². The fourth-order valence-corrected chi connectivity index (χ4v) is 5.17. The van der Waals surface area contributed by atoms with Crippen molar-refractivity contribution < 1.29 is 0 Å². The summed E-state index contributed by atoms with van der Waals surface area (Å²) in [5.74, 6) is 0.924. The number of hydrogen-bond donors (Lipinski definition) is 1. The van der Waals surface area contributed by atoms with Gasteiger partial charge in [-0.3, -0.25) is 5.01 Å². The molecule has 0 amide bonds. The lowest BCUT2D eigenvalue weighted by Crippen LogP contribution is -2.29. The zero-order chi connectivity index (χ0) is 14.0. The van der Waals surface area contributed by atoms with Crippen LogP contribution in [0.25, 0.3) is 10.9 Å². The predicted molar refractivity (Wildman–Crippen MR) is 85.5 cm³/mol. The second kappa shape index (κ2) is 4.08. The molecule has 3 aromatic rings. The second-order valence-corrected chi connectivity index (χ2v) is 6.96. The molecule has 0 spiro atoms. The van der Waals surface area contributed by atoms with Crippen LogP contribution in [0.1, 0.15) is 16.8 Å². The quantitative estimate of drug-likeness (QED) is 0.746. The highest BCUT2D eigenvalue weighted by atomic mass is 32.2. The van der Waals surface area contributed by atoms with Crippen LogP contribution < -0.4 is 5.01 Å². The molecule has 4 heterocycles. The predicted octanol–water partition coefficient (Wildman–Crippen LogP) is 3.36. The zero-order valence-electron chi connectivity index (χ0n) is 11.1. The maximum Gasteiger partial charge on any atom is 0.216 e. The molecule has 7 heteroatoms. The largest absolute Gasteiger partial charge is 0.361 e. The van der Waals surface area contributed by atoms with Crippen LogP contribution in [0.2, 0.25) is 0 Å². The van der Waals surface area contributed by atoms with Crippen LogP contribution in [0.15, 0.2) is 46.1 Å². The number of nitrogens with zero attached hydrogens (tertiary/aromatic N) is 4. The number of benzene rings is 1. The van der Waals surface area contributed by atoms with E-state index in [1.165, 1.54) is 21.5 Å². The van der Waals surface area contributed by atoms with Gasteiger partial charge in [0.15, 0.2) is 5.82 Å². The van der Waals surface area contributed by atoms with Crippen molar-refractivity contribution in [3.8, 4) is 0 Å². The van der Waals surface area contributed by atoms with Crippen LogP contribution in [0, 0.1) is 6.92 Å². The van der Waals surface area contributed by atoms with Crippen molar-refractivity contribution >= 4 is 34.4 Å². The van der Waals surface area contributed by atoms with Gasteiger partial charge in [-0.05, 0) is 24.8 Å². The van der Waals surface area contributed by atoms with Crippen molar-refractivity contribution in [3.63, 3.8) is 0 Å². The molecule has 1 aromatic carbocycles. The second-order valence-electron chi connectivity index (χ2n) is 5.02. The first-order valence-corrected chi connectivity index (χ1v) is 8.40. The van der Waals surface area contributed by atoms with Crippen molar-refractivity contribution in [1.29, 1.82) is 0 Å². The standard InChI is InChI=1S/C14H11N5S2/c1-8-16-17-14-18(8)19-12(21-14)7-20-13(19)10-6-15-11-5-3-2-4-9(10)11/h2-7,13,15H,1H3. The minimum atomic E-state index is 0.222. The van der Waals surface area contributed by atoms with E-state index >= 15 is 0 Å². The lowest BCUT2D eigenvalue weighted by atomic mass is 10.2. The van der Waals surface area contributed by atoms with Gasteiger partial charge in [0, 0.05) is 28.1 Å². The van der Waals surface area contributed by atoms with Gasteiger partial charge in [-0.1, -0.05) is 30.0 Å². The highest BCUT2D eigenvalue weighted by Gasteiger charge is 2.39. The molecule has 1 unspecified atom stereocenters. The van der Waals surface area contributed by atoms with Crippen molar-refractivity contribution in [2.24, 2.45) is 0 Å². The van der Waals surface area contributed by atoms with Crippen LogP contribution in [0.5, 0.6) is 0 Å². The SMILES string of the molecule is Cc1nnc2n1N1C(=CSC1c1c[nH]c3ccccc13)S2.